The van der Waals surface area contributed by atoms with Crippen molar-refractivity contribution in [3.63, 3.8) is 0 Å². The first kappa shape index (κ1) is 22.7. The Balaban J connectivity index is 1.91. The smallest absolute Gasteiger partial charge is 0.387 e. The Bertz CT molecular complexity index is 1050. The van der Waals surface area contributed by atoms with Crippen LogP contribution in [0.15, 0.2) is 18.3 Å². The summed E-state index contributed by atoms with van der Waals surface area (Å²) >= 11 is 0. The predicted octanol–water partition coefficient (Wildman–Crippen LogP) is 2.94. The molecular formula is C19H20F5N5O2. The van der Waals surface area contributed by atoms with E-state index in [0.29, 0.717) is 6.92 Å². The molecule has 1 aromatic carbocycles. The summed E-state index contributed by atoms with van der Waals surface area (Å²) in [5.41, 5.74) is -3.68. The number of anilines is 1. The minimum Gasteiger partial charge on any atom is -0.387 e. The average Bonchev–Trinajstić information content (AvgIpc) is 3.13. The van der Waals surface area contributed by atoms with Crippen LogP contribution >= 0.6 is 0 Å². The highest BCUT2D eigenvalue weighted by molar-refractivity contribution is 6.45. The summed E-state index contributed by atoms with van der Waals surface area (Å²) in [4.78, 5) is 17.8. The molecule has 1 aromatic heterocycles. The summed E-state index contributed by atoms with van der Waals surface area (Å²) in [6.07, 6.45) is -3.83. The lowest BCUT2D eigenvalue weighted by atomic mass is 10.0. The number of aliphatic hydroxyl groups is 1. The van der Waals surface area contributed by atoms with Crippen molar-refractivity contribution in [2.24, 2.45) is 0 Å². The molecule has 2 aromatic rings. The lowest BCUT2D eigenvalue weighted by Gasteiger charge is -2.36. The van der Waals surface area contributed by atoms with E-state index in [9.17, 15) is 31.9 Å². The molecule has 1 aliphatic rings. The second-order valence-corrected chi connectivity index (χ2v) is 7.48. The van der Waals surface area contributed by atoms with Crippen molar-refractivity contribution >= 4 is 17.3 Å². The van der Waals surface area contributed by atoms with Crippen LogP contribution in [0.25, 0.3) is 0 Å². The van der Waals surface area contributed by atoms with Gasteiger partial charge in [0, 0.05) is 30.9 Å². The maximum Gasteiger partial charge on any atom is 0.424 e. The number of hydrogen-bond donors (Lipinski definition) is 3. The molecule has 0 fully saturated rings. The molecule has 12 heteroatoms. The highest BCUT2D eigenvalue weighted by atomic mass is 19.4. The van der Waals surface area contributed by atoms with Gasteiger partial charge in [-0.3, -0.25) is 10.2 Å². The van der Waals surface area contributed by atoms with Crippen molar-refractivity contribution in [2.75, 3.05) is 18.9 Å². The quantitative estimate of drug-likeness (QED) is 0.498. The number of imidazole rings is 1. The Kier molecular flexibility index (Phi) is 5.55. The van der Waals surface area contributed by atoms with E-state index in [-0.39, 0.29) is 30.0 Å². The third-order valence-electron chi connectivity index (χ3n) is 5.24. The molecule has 7 nitrogen and oxygen atoms in total. The summed E-state index contributed by atoms with van der Waals surface area (Å²) in [6, 6.07) is 0.865. The summed E-state index contributed by atoms with van der Waals surface area (Å²) in [5.74, 6) is -3.78. The van der Waals surface area contributed by atoms with Gasteiger partial charge in [-0.05, 0) is 19.9 Å². The molecule has 0 bridgehead atoms. The van der Waals surface area contributed by atoms with Crippen molar-refractivity contribution in [3.05, 3.63) is 47.0 Å². The number of rotatable bonds is 4. The fraction of sp³-hybridized carbons (Fsp3) is 0.421. The number of hydrogen-bond acceptors (Lipinski definition) is 5. The lowest BCUT2D eigenvalue weighted by molar-refractivity contribution is -0.263. The number of nitrogens with one attached hydrogen (secondary N) is 2. The zero-order valence-corrected chi connectivity index (χ0v) is 16.8. The first-order chi connectivity index (χ1) is 14.3. The Morgan fingerprint density at radius 1 is 1.29 bits per heavy atom. The molecular weight excluding hydrogens is 425 g/mol. The molecule has 168 valence electrons. The average molecular weight is 445 g/mol. The number of carbonyl (C=O) groups is 1. The zero-order chi connectivity index (χ0) is 23.3. The van der Waals surface area contributed by atoms with E-state index in [1.807, 2.05) is 0 Å². The van der Waals surface area contributed by atoms with Crippen LogP contribution in [0.2, 0.25) is 0 Å². The summed E-state index contributed by atoms with van der Waals surface area (Å²) in [6.45, 7) is 1.89. The number of alkyl halides is 3. The van der Waals surface area contributed by atoms with Crippen LogP contribution in [0.1, 0.15) is 37.0 Å². The van der Waals surface area contributed by atoms with Crippen molar-refractivity contribution in [2.45, 2.75) is 38.2 Å². The van der Waals surface area contributed by atoms with Crippen molar-refractivity contribution in [3.8, 4) is 0 Å². The Morgan fingerprint density at radius 2 is 1.90 bits per heavy atom. The Hall–Kier alpha value is -3.02. The summed E-state index contributed by atoms with van der Waals surface area (Å²) < 4.78 is 68.2. The van der Waals surface area contributed by atoms with Gasteiger partial charge in [-0.1, -0.05) is 0 Å². The SMILES string of the molecule is CNc1cc(F)c(F)cc1C(=N)C(=O)N1Cc2cnc([C@@](C)(O)C(F)(F)F)n2[C@@H](C)C1. The van der Waals surface area contributed by atoms with E-state index in [4.69, 9.17) is 5.41 Å². The van der Waals surface area contributed by atoms with Gasteiger partial charge in [-0.15, -0.1) is 0 Å². The number of amides is 1. The molecule has 31 heavy (non-hydrogen) atoms. The van der Waals surface area contributed by atoms with Gasteiger partial charge in [0.1, 0.15) is 5.71 Å². The Morgan fingerprint density at radius 3 is 2.48 bits per heavy atom. The van der Waals surface area contributed by atoms with Gasteiger partial charge in [0.2, 0.25) is 5.60 Å². The first-order valence-electron chi connectivity index (χ1n) is 9.20. The van der Waals surface area contributed by atoms with Gasteiger partial charge in [0.05, 0.1) is 24.5 Å². The number of halogens is 5. The van der Waals surface area contributed by atoms with Crippen LogP contribution in [0, 0.1) is 17.0 Å². The fourth-order valence-electron chi connectivity index (χ4n) is 3.54. The van der Waals surface area contributed by atoms with Crippen molar-refractivity contribution in [1.82, 2.24) is 14.5 Å². The van der Waals surface area contributed by atoms with Crippen LogP contribution in [0.5, 0.6) is 0 Å². The summed E-state index contributed by atoms with van der Waals surface area (Å²) in [7, 11) is 1.42. The van der Waals surface area contributed by atoms with Gasteiger partial charge in [-0.25, -0.2) is 13.8 Å². The normalized spacial score (nSPS) is 18.4. The van der Waals surface area contributed by atoms with E-state index in [2.05, 4.69) is 10.3 Å². The van der Waals surface area contributed by atoms with E-state index in [1.54, 1.807) is 6.92 Å². The first-order valence-corrected chi connectivity index (χ1v) is 9.20. The molecule has 0 saturated carbocycles. The highest BCUT2D eigenvalue weighted by Gasteiger charge is 2.55. The van der Waals surface area contributed by atoms with E-state index >= 15 is 0 Å². The topological polar surface area (TPSA) is 94.2 Å². The number of carbonyl (C=O) groups excluding carboxylic acids is 1. The number of nitrogens with zero attached hydrogens (tertiary/aromatic N) is 3. The van der Waals surface area contributed by atoms with Crippen molar-refractivity contribution < 1.29 is 31.9 Å². The molecule has 0 radical (unpaired) electrons. The second kappa shape index (κ2) is 7.59. The maximum atomic E-state index is 13.7. The van der Waals surface area contributed by atoms with Crippen molar-refractivity contribution in [1.29, 1.82) is 5.41 Å². The molecule has 2 heterocycles. The van der Waals surface area contributed by atoms with Crippen LogP contribution in [-0.2, 0) is 16.9 Å². The molecule has 0 saturated heterocycles. The molecule has 2 atom stereocenters. The van der Waals surface area contributed by atoms with E-state index < -0.39 is 46.9 Å². The molecule has 0 unspecified atom stereocenters. The van der Waals surface area contributed by atoms with Crippen LogP contribution in [-0.4, -0.2) is 50.9 Å². The second-order valence-electron chi connectivity index (χ2n) is 7.48. The number of benzene rings is 1. The molecule has 0 aliphatic carbocycles. The van der Waals surface area contributed by atoms with Crippen LogP contribution < -0.4 is 5.32 Å². The third kappa shape index (κ3) is 3.75. The van der Waals surface area contributed by atoms with E-state index in [1.165, 1.54) is 16.5 Å². The van der Waals surface area contributed by atoms with Gasteiger partial charge >= 0.3 is 6.18 Å². The largest absolute Gasteiger partial charge is 0.424 e. The minimum absolute atomic E-state index is 0.0378. The minimum atomic E-state index is -4.96. The van der Waals surface area contributed by atoms with Crippen LogP contribution in [0.3, 0.4) is 0 Å². The van der Waals surface area contributed by atoms with Gasteiger partial charge in [0.15, 0.2) is 17.5 Å². The standard InChI is InChI=1S/C19H20F5N5O2/c1-9-7-28(8-10-6-27-17(29(9)10)18(2,31)19(22,23)24)16(30)15(25)11-4-12(20)13(21)5-14(11)26-3/h4-6,9,25-26,31H,7-8H2,1-3H3/t9-,18+/m0/s1. The van der Waals surface area contributed by atoms with Gasteiger partial charge in [-0.2, -0.15) is 13.2 Å². The number of fused-ring (bicyclic) bond motifs is 1. The summed E-state index contributed by atoms with van der Waals surface area (Å²) in [5, 5.41) is 20.8. The monoisotopic (exact) mass is 445 g/mol. The zero-order valence-electron chi connectivity index (χ0n) is 16.8. The lowest BCUT2D eigenvalue weighted by Crippen LogP contribution is -2.47. The van der Waals surface area contributed by atoms with Crippen LogP contribution in [0.4, 0.5) is 27.6 Å². The molecule has 0 spiro atoms. The maximum absolute atomic E-state index is 13.7. The van der Waals surface area contributed by atoms with Gasteiger partial charge in [0.25, 0.3) is 5.91 Å². The number of aromatic nitrogens is 2. The molecule has 3 N–H and O–H groups in total. The third-order valence-corrected chi connectivity index (χ3v) is 5.24. The van der Waals surface area contributed by atoms with Gasteiger partial charge < -0.3 is 19.9 Å². The Labute approximate surface area is 174 Å². The molecule has 3 rings (SSSR count). The highest BCUT2D eigenvalue weighted by Crippen LogP contribution is 2.40. The molecule has 1 amide bonds. The predicted molar refractivity (Wildman–Crippen MR) is 101 cm³/mol. The molecule has 1 aliphatic heterocycles. The fourth-order valence-corrected chi connectivity index (χ4v) is 3.54. The van der Waals surface area contributed by atoms with E-state index in [0.717, 1.165) is 18.3 Å².